The summed E-state index contributed by atoms with van der Waals surface area (Å²) in [7, 11) is 0. The number of carbonyl (C=O) groups is 1. The number of hydrogen-bond donors (Lipinski definition) is 0. The number of carbonyl (C=O) groups excluding carboxylic acids is 1. The second-order valence-corrected chi connectivity index (χ2v) is 5.63. The van der Waals surface area contributed by atoms with E-state index in [0.29, 0.717) is 11.7 Å². The lowest BCUT2D eigenvalue weighted by molar-refractivity contribution is 0.0897. The SMILES string of the molecule is CC1CCCC1C(=O)c1ccc(I)cc1. The topological polar surface area (TPSA) is 17.1 Å². The zero-order valence-electron chi connectivity index (χ0n) is 8.87. The fourth-order valence-electron chi connectivity index (χ4n) is 2.36. The van der Waals surface area contributed by atoms with Crippen LogP contribution in [0.15, 0.2) is 24.3 Å². The van der Waals surface area contributed by atoms with Gasteiger partial charge in [0, 0.05) is 15.1 Å². The van der Waals surface area contributed by atoms with E-state index >= 15 is 0 Å². The lowest BCUT2D eigenvalue weighted by atomic mass is 9.90. The zero-order valence-corrected chi connectivity index (χ0v) is 11.0. The summed E-state index contributed by atoms with van der Waals surface area (Å²) < 4.78 is 1.18. The Labute approximate surface area is 104 Å². The summed E-state index contributed by atoms with van der Waals surface area (Å²) in [5, 5.41) is 0. The average molecular weight is 314 g/mol. The molecule has 80 valence electrons. The van der Waals surface area contributed by atoms with Gasteiger partial charge in [-0.1, -0.05) is 25.5 Å². The van der Waals surface area contributed by atoms with Crippen LogP contribution in [0.25, 0.3) is 0 Å². The molecule has 1 fully saturated rings. The third kappa shape index (κ3) is 2.41. The summed E-state index contributed by atoms with van der Waals surface area (Å²) in [4.78, 5) is 12.2. The van der Waals surface area contributed by atoms with Gasteiger partial charge in [0.25, 0.3) is 0 Å². The van der Waals surface area contributed by atoms with Crippen LogP contribution in [0.4, 0.5) is 0 Å². The average Bonchev–Trinajstić information content (AvgIpc) is 2.65. The van der Waals surface area contributed by atoms with Gasteiger partial charge in [0.05, 0.1) is 0 Å². The lowest BCUT2D eigenvalue weighted by Gasteiger charge is -2.13. The molecule has 1 aliphatic carbocycles. The van der Waals surface area contributed by atoms with Crippen molar-refractivity contribution in [2.24, 2.45) is 11.8 Å². The largest absolute Gasteiger partial charge is 0.294 e. The second-order valence-electron chi connectivity index (χ2n) is 4.39. The predicted molar refractivity (Wildman–Crippen MR) is 70.0 cm³/mol. The molecular weight excluding hydrogens is 299 g/mol. The molecule has 15 heavy (non-hydrogen) atoms. The van der Waals surface area contributed by atoms with E-state index in [1.165, 1.54) is 16.4 Å². The van der Waals surface area contributed by atoms with Gasteiger partial charge < -0.3 is 0 Å². The van der Waals surface area contributed by atoms with E-state index < -0.39 is 0 Å². The van der Waals surface area contributed by atoms with Crippen LogP contribution < -0.4 is 0 Å². The Kier molecular flexibility index (Phi) is 3.44. The highest BCUT2D eigenvalue weighted by molar-refractivity contribution is 14.1. The van der Waals surface area contributed by atoms with Crippen molar-refractivity contribution in [1.82, 2.24) is 0 Å². The van der Waals surface area contributed by atoms with Gasteiger partial charge in [-0.25, -0.2) is 0 Å². The van der Waals surface area contributed by atoms with Crippen LogP contribution in [-0.4, -0.2) is 5.78 Å². The predicted octanol–water partition coefficient (Wildman–Crippen LogP) is 3.91. The monoisotopic (exact) mass is 314 g/mol. The summed E-state index contributed by atoms with van der Waals surface area (Å²) in [5.74, 6) is 1.18. The minimum Gasteiger partial charge on any atom is -0.294 e. The van der Waals surface area contributed by atoms with Gasteiger partial charge in [-0.3, -0.25) is 4.79 Å². The molecule has 2 unspecified atom stereocenters. The van der Waals surface area contributed by atoms with Crippen molar-refractivity contribution >= 4 is 28.4 Å². The standard InChI is InChI=1S/C13H15IO/c1-9-3-2-4-12(9)13(15)10-5-7-11(14)8-6-10/h5-9,12H,2-4H2,1H3. The Bertz CT molecular complexity index is 355. The van der Waals surface area contributed by atoms with Crippen molar-refractivity contribution in [2.75, 3.05) is 0 Å². The molecule has 0 aliphatic heterocycles. The zero-order chi connectivity index (χ0) is 10.8. The summed E-state index contributed by atoms with van der Waals surface area (Å²) in [6.45, 7) is 2.20. The van der Waals surface area contributed by atoms with Gasteiger partial charge in [0.2, 0.25) is 0 Å². The van der Waals surface area contributed by atoms with Crippen LogP contribution in [0, 0.1) is 15.4 Å². The van der Waals surface area contributed by atoms with Crippen LogP contribution in [0.3, 0.4) is 0 Å². The quantitative estimate of drug-likeness (QED) is 0.597. The molecule has 1 aliphatic rings. The van der Waals surface area contributed by atoms with Crippen LogP contribution in [0.2, 0.25) is 0 Å². The first-order valence-electron chi connectivity index (χ1n) is 5.48. The van der Waals surface area contributed by atoms with Crippen LogP contribution in [0.1, 0.15) is 36.5 Å². The Morgan fingerprint density at radius 3 is 2.47 bits per heavy atom. The molecule has 0 bridgehead atoms. The summed E-state index contributed by atoms with van der Waals surface area (Å²) in [6, 6.07) is 7.92. The Hall–Kier alpha value is -0.380. The number of ketones is 1. The third-order valence-corrected chi connectivity index (χ3v) is 4.05. The molecule has 0 spiro atoms. The normalized spacial score (nSPS) is 25.5. The Morgan fingerprint density at radius 2 is 1.93 bits per heavy atom. The maximum Gasteiger partial charge on any atom is 0.166 e. The molecule has 0 saturated heterocycles. The van der Waals surface area contributed by atoms with Gasteiger partial charge >= 0.3 is 0 Å². The number of halogens is 1. The second kappa shape index (κ2) is 4.64. The van der Waals surface area contributed by atoms with Crippen molar-refractivity contribution in [2.45, 2.75) is 26.2 Å². The fraction of sp³-hybridized carbons (Fsp3) is 0.462. The molecule has 0 heterocycles. The van der Waals surface area contributed by atoms with Crippen LogP contribution in [-0.2, 0) is 0 Å². The highest BCUT2D eigenvalue weighted by Gasteiger charge is 2.29. The number of benzene rings is 1. The molecular formula is C13H15IO. The summed E-state index contributed by atoms with van der Waals surface area (Å²) in [6.07, 6.45) is 3.49. The third-order valence-electron chi connectivity index (χ3n) is 3.33. The minimum absolute atomic E-state index is 0.269. The smallest absolute Gasteiger partial charge is 0.166 e. The molecule has 1 aromatic rings. The number of hydrogen-bond acceptors (Lipinski definition) is 1. The lowest BCUT2D eigenvalue weighted by Crippen LogP contribution is -2.17. The Morgan fingerprint density at radius 1 is 1.27 bits per heavy atom. The van der Waals surface area contributed by atoms with Crippen molar-refractivity contribution in [3.8, 4) is 0 Å². The van der Waals surface area contributed by atoms with E-state index in [-0.39, 0.29) is 5.92 Å². The first kappa shape index (κ1) is 11.1. The molecule has 0 amide bonds. The van der Waals surface area contributed by atoms with Crippen LogP contribution in [0.5, 0.6) is 0 Å². The summed E-state index contributed by atoms with van der Waals surface area (Å²) in [5.41, 5.74) is 0.883. The van der Waals surface area contributed by atoms with Crippen molar-refractivity contribution in [3.63, 3.8) is 0 Å². The maximum atomic E-state index is 12.2. The molecule has 1 aromatic carbocycles. The van der Waals surface area contributed by atoms with E-state index in [0.717, 1.165) is 12.0 Å². The number of Topliss-reactive ketones (excluding diaryl/α,β-unsaturated/α-hetero) is 1. The van der Waals surface area contributed by atoms with Gasteiger partial charge in [-0.05, 0) is 53.5 Å². The molecule has 0 radical (unpaired) electrons. The highest BCUT2D eigenvalue weighted by Crippen LogP contribution is 2.33. The van der Waals surface area contributed by atoms with Gasteiger partial charge in [-0.2, -0.15) is 0 Å². The van der Waals surface area contributed by atoms with E-state index in [1.54, 1.807) is 0 Å². The van der Waals surface area contributed by atoms with Gasteiger partial charge in [-0.15, -0.1) is 0 Å². The van der Waals surface area contributed by atoms with Crippen molar-refractivity contribution in [3.05, 3.63) is 33.4 Å². The minimum atomic E-state index is 0.269. The maximum absolute atomic E-state index is 12.2. The molecule has 1 nitrogen and oxygen atoms in total. The Balaban J connectivity index is 2.17. The molecule has 2 heteroatoms. The molecule has 0 aromatic heterocycles. The molecule has 2 rings (SSSR count). The van der Waals surface area contributed by atoms with Gasteiger partial charge in [0.1, 0.15) is 0 Å². The number of rotatable bonds is 2. The fourth-order valence-corrected chi connectivity index (χ4v) is 2.72. The highest BCUT2D eigenvalue weighted by atomic mass is 127. The first-order valence-corrected chi connectivity index (χ1v) is 6.56. The van der Waals surface area contributed by atoms with Crippen molar-refractivity contribution < 1.29 is 4.79 Å². The van der Waals surface area contributed by atoms with E-state index in [4.69, 9.17) is 0 Å². The summed E-state index contributed by atoms with van der Waals surface area (Å²) >= 11 is 2.26. The molecule has 2 atom stereocenters. The van der Waals surface area contributed by atoms with Crippen LogP contribution >= 0.6 is 22.6 Å². The van der Waals surface area contributed by atoms with Gasteiger partial charge in [0.15, 0.2) is 5.78 Å². The molecule has 0 N–H and O–H groups in total. The van der Waals surface area contributed by atoms with E-state index in [2.05, 4.69) is 29.5 Å². The first-order chi connectivity index (χ1) is 7.18. The van der Waals surface area contributed by atoms with E-state index in [9.17, 15) is 4.79 Å². The van der Waals surface area contributed by atoms with Crippen molar-refractivity contribution in [1.29, 1.82) is 0 Å². The molecule has 1 saturated carbocycles. The van der Waals surface area contributed by atoms with E-state index in [1.807, 2.05) is 24.3 Å².